The number of hydrogen-bond acceptors (Lipinski definition) is 5. The van der Waals surface area contributed by atoms with Crippen LogP contribution in [-0.2, 0) is 0 Å². The number of aromatic amines is 1. The summed E-state index contributed by atoms with van der Waals surface area (Å²) < 4.78 is 11.3. The standard InChI is InChI=1S/C17H20N4O4/c1-24-12-7-6-10(8-13(12)25-11-4-2-3-5-11)17(23)21-16-14(15(18)22)19-9-20-16/h6-9,11H,2-5H2,1H3,(H2,18,22)(H,19,20)(H,21,23). The van der Waals surface area contributed by atoms with Crippen molar-refractivity contribution in [1.29, 1.82) is 0 Å². The van der Waals surface area contributed by atoms with E-state index in [1.165, 1.54) is 6.33 Å². The Hall–Kier alpha value is -3.03. The largest absolute Gasteiger partial charge is 0.493 e. The molecule has 1 aliphatic carbocycles. The molecule has 132 valence electrons. The number of rotatable bonds is 6. The van der Waals surface area contributed by atoms with Crippen LogP contribution in [0.1, 0.15) is 46.5 Å². The Morgan fingerprint density at radius 3 is 2.72 bits per heavy atom. The van der Waals surface area contributed by atoms with Gasteiger partial charge < -0.3 is 25.5 Å². The maximum absolute atomic E-state index is 12.5. The minimum absolute atomic E-state index is 0.0456. The van der Waals surface area contributed by atoms with Crippen LogP contribution in [0.15, 0.2) is 24.5 Å². The molecule has 8 nitrogen and oxygen atoms in total. The van der Waals surface area contributed by atoms with Crippen molar-refractivity contribution in [1.82, 2.24) is 9.97 Å². The molecule has 0 spiro atoms. The number of carbonyl (C=O) groups is 2. The number of nitrogens with one attached hydrogen (secondary N) is 2. The topological polar surface area (TPSA) is 119 Å². The lowest BCUT2D eigenvalue weighted by Gasteiger charge is -2.16. The molecule has 1 aromatic heterocycles. The number of amides is 2. The van der Waals surface area contributed by atoms with Crippen LogP contribution in [0.5, 0.6) is 11.5 Å². The van der Waals surface area contributed by atoms with Crippen molar-refractivity contribution in [2.24, 2.45) is 5.73 Å². The quantitative estimate of drug-likeness (QED) is 0.741. The zero-order valence-electron chi connectivity index (χ0n) is 13.9. The molecule has 1 fully saturated rings. The summed E-state index contributed by atoms with van der Waals surface area (Å²) in [5.74, 6) is 0.0631. The summed E-state index contributed by atoms with van der Waals surface area (Å²) in [6.07, 6.45) is 5.70. The lowest BCUT2D eigenvalue weighted by Crippen LogP contribution is -2.18. The number of primary amides is 1. The van der Waals surface area contributed by atoms with Crippen molar-refractivity contribution >= 4 is 17.6 Å². The van der Waals surface area contributed by atoms with E-state index in [4.69, 9.17) is 15.2 Å². The number of benzene rings is 1. The van der Waals surface area contributed by atoms with Crippen molar-refractivity contribution in [2.75, 3.05) is 12.4 Å². The second kappa shape index (κ2) is 7.25. The van der Waals surface area contributed by atoms with E-state index in [1.54, 1.807) is 25.3 Å². The molecule has 0 radical (unpaired) electrons. The van der Waals surface area contributed by atoms with Gasteiger partial charge in [-0.3, -0.25) is 9.59 Å². The highest BCUT2D eigenvalue weighted by atomic mass is 16.5. The van der Waals surface area contributed by atoms with Crippen LogP contribution in [-0.4, -0.2) is 35.0 Å². The van der Waals surface area contributed by atoms with Gasteiger partial charge in [0.05, 0.1) is 19.5 Å². The normalized spacial score (nSPS) is 14.3. The minimum atomic E-state index is -0.701. The molecule has 0 aliphatic heterocycles. The third-order valence-electron chi connectivity index (χ3n) is 4.14. The minimum Gasteiger partial charge on any atom is -0.493 e. The summed E-state index contributed by atoms with van der Waals surface area (Å²) in [7, 11) is 1.56. The van der Waals surface area contributed by atoms with E-state index in [0.29, 0.717) is 17.1 Å². The first-order valence-electron chi connectivity index (χ1n) is 8.07. The molecule has 2 aromatic rings. The van der Waals surface area contributed by atoms with Gasteiger partial charge in [0.1, 0.15) is 5.69 Å². The highest BCUT2D eigenvalue weighted by molar-refractivity contribution is 6.07. The zero-order valence-corrected chi connectivity index (χ0v) is 13.9. The van der Waals surface area contributed by atoms with Crippen molar-refractivity contribution in [3.05, 3.63) is 35.8 Å². The van der Waals surface area contributed by atoms with E-state index in [0.717, 1.165) is 25.7 Å². The average molecular weight is 344 g/mol. The third kappa shape index (κ3) is 3.73. The second-order valence-corrected chi connectivity index (χ2v) is 5.83. The first kappa shape index (κ1) is 16.8. The van der Waals surface area contributed by atoms with Gasteiger partial charge in [0.2, 0.25) is 0 Å². The van der Waals surface area contributed by atoms with Gasteiger partial charge in [0, 0.05) is 5.56 Å². The van der Waals surface area contributed by atoms with Crippen LogP contribution in [0.4, 0.5) is 5.82 Å². The van der Waals surface area contributed by atoms with E-state index in [9.17, 15) is 9.59 Å². The summed E-state index contributed by atoms with van der Waals surface area (Å²) in [6, 6.07) is 4.92. The Kier molecular flexibility index (Phi) is 4.87. The van der Waals surface area contributed by atoms with Gasteiger partial charge >= 0.3 is 0 Å². The Morgan fingerprint density at radius 1 is 1.28 bits per heavy atom. The monoisotopic (exact) mass is 344 g/mol. The molecule has 0 atom stereocenters. The first-order chi connectivity index (χ1) is 12.1. The van der Waals surface area contributed by atoms with E-state index in [1.807, 2.05) is 0 Å². The van der Waals surface area contributed by atoms with Crippen molar-refractivity contribution < 1.29 is 19.1 Å². The SMILES string of the molecule is COc1ccc(C(=O)Nc2nc[nH]c2C(N)=O)cc1OC1CCCC1. The van der Waals surface area contributed by atoms with Crippen LogP contribution in [0.2, 0.25) is 0 Å². The van der Waals surface area contributed by atoms with Crippen LogP contribution < -0.4 is 20.5 Å². The van der Waals surface area contributed by atoms with Gasteiger partial charge in [0.15, 0.2) is 17.3 Å². The number of anilines is 1. The number of carbonyl (C=O) groups excluding carboxylic acids is 2. The molecule has 2 amide bonds. The summed E-state index contributed by atoms with van der Waals surface area (Å²) in [5.41, 5.74) is 5.64. The predicted octanol–water partition coefficient (Wildman–Crippen LogP) is 2.09. The number of aromatic nitrogens is 2. The molecule has 1 saturated carbocycles. The molecule has 4 N–H and O–H groups in total. The van der Waals surface area contributed by atoms with Gasteiger partial charge in [-0.05, 0) is 43.9 Å². The maximum atomic E-state index is 12.5. The van der Waals surface area contributed by atoms with E-state index in [2.05, 4.69) is 15.3 Å². The summed E-state index contributed by atoms with van der Waals surface area (Å²) >= 11 is 0. The van der Waals surface area contributed by atoms with Crippen molar-refractivity contribution in [2.45, 2.75) is 31.8 Å². The van der Waals surface area contributed by atoms with Crippen LogP contribution in [0.3, 0.4) is 0 Å². The number of hydrogen-bond donors (Lipinski definition) is 3. The molecular formula is C17H20N4O4. The van der Waals surface area contributed by atoms with Gasteiger partial charge in [-0.2, -0.15) is 0 Å². The molecular weight excluding hydrogens is 324 g/mol. The molecule has 0 unspecified atom stereocenters. The fraction of sp³-hybridized carbons (Fsp3) is 0.353. The molecule has 0 saturated heterocycles. The van der Waals surface area contributed by atoms with E-state index in [-0.39, 0.29) is 17.6 Å². The van der Waals surface area contributed by atoms with Crippen molar-refractivity contribution in [3.8, 4) is 11.5 Å². The Labute approximate surface area is 144 Å². The second-order valence-electron chi connectivity index (χ2n) is 5.83. The number of methoxy groups -OCH3 is 1. The number of ether oxygens (including phenoxy) is 2. The first-order valence-corrected chi connectivity index (χ1v) is 8.07. The molecule has 1 aliphatic rings. The zero-order chi connectivity index (χ0) is 17.8. The molecule has 0 bridgehead atoms. The molecule has 1 heterocycles. The Balaban J connectivity index is 1.80. The van der Waals surface area contributed by atoms with Gasteiger partial charge in [-0.1, -0.05) is 0 Å². The fourth-order valence-corrected chi connectivity index (χ4v) is 2.85. The lowest BCUT2D eigenvalue weighted by atomic mass is 10.1. The maximum Gasteiger partial charge on any atom is 0.269 e. The number of imidazole rings is 1. The number of nitrogens with two attached hydrogens (primary N) is 1. The molecule has 1 aromatic carbocycles. The van der Waals surface area contributed by atoms with Crippen LogP contribution in [0, 0.1) is 0 Å². The highest BCUT2D eigenvalue weighted by Crippen LogP contribution is 2.32. The Bertz CT molecular complexity index is 781. The highest BCUT2D eigenvalue weighted by Gasteiger charge is 2.20. The van der Waals surface area contributed by atoms with Crippen molar-refractivity contribution in [3.63, 3.8) is 0 Å². The fourth-order valence-electron chi connectivity index (χ4n) is 2.85. The summed E-state index contributed by atoms with van der Waals surface area (Å²) in [4.78, 5) is 30.3. The lowest BCUT2D eigenvalue weighted by molar-refractivity contribution is 0.0997. The molecule has 3 rings (SSSR count). The summed E-state index contributed by atoms with van der Waals surface area (Å²) in [5, 5.41) is 2.57. The number of nitrogens with zero attached hydrogens (tertiary/aromatic N) is 1. The summed E-state index contributed by atoms with van der Waals surface area (Å²) in [6.45, 7) is 0. The van der Waals surface area contributed by atoms with Crippen LogP contribution in [0.25, 0.3) is 0 Å². The smallest absolute Gasteiger partial charge is 0.269 e. The molecule has 25 heavy (non-hydrogen) atoms. The number of H-pyrrole nitrogens is 1. The molecule has 8 heteroatoms. The Morgan fingerprint density at radius 2 is 2.04 bits per heavy atom. The van der Waals surface area contributed by atoms with Gasteiger partial charge in [-0.15, -0.1) is 0 Å². The van der Waals surface area contributed by atoms with E-state index >= 15 is 0 Å². The predicted molar refractivity (Wildman–Crippen MR) is 90.9 cm³/mol. The van der Waals surface area contributed by atoms with Crippen LogP contribution >= 0.6 is 0 Å². The van der Waals surface area contributed by atoms with E-state index < -0.39 is 11.8 Å². The van der Waals surface area contributed by atoms with Gasteiger partial charge in [0.25, 0.3) is 11.8 Å². The van der Waals surface area contributed by atoms with Gasteiger partial charge in [-0.25, -0.2) is 4.98 Å². The third-order valence-corrected chi connectivity index (χ3v) is 4.14. The average Bonchev–Trinajstić information content (AvgIpc) is 3.26.